The third-order valence-electron chi connectivity index (χ3n) is 4.22. The van der Waals surface area contributed by atoms with Gasteiger partial charge in [0.15, 0.2) is 0 Å². The standard InChI is InChI=1S/C18H20Br2O2/c1-4-6-12-7-5-8-13(9-12)11-22-17(21)16-14(10-15(19)20)18(16,2)3/h4-5,7-10,14,16H,1,6,11H2,2-3H3/t14-,16-/m0/s1. The van der Waals surface area contributed by atoms with E-state index in [-0.39, 0.29) is 23.2 Å². The molecule has 22 heavy (non-hydrogen) atoms. The Morgan fingerprint density at radius 3 is 2.68 bits per heavy atom. The second-order valence-electron chi connectivity index (χ2n) is 6.20. The van der Waals surface area contributed by atoms with E-state index in [1.807, 2.05) is 30.4 Å². The minimum absolute atomic E-state index is 0.0471. The maximum atomic E-state index is 12.3. The van der Waals surface area contributed by atoms with Crippen LogP contribution in [0.2, 0.25) is 0 Å². The molecule has 2 rings (SSSR count). The Kier molecular flexibility index (Phi) is 5.67. The molecular weight excluding hydrogens is 408 g/mol. The van der Waals surface area contributed by atoms with Crippen LogP contribution in [0.1, 0.15) is 25.0 Å². The number of ether oxygens (including phenoxy) is 1. The zero-order valence-electron chi connectivity index (χ0n) is 12.8. The van der Waals surface area contributed by atoms with Crippen LogP contribution < -0.4 is 0 Å². The number of esters is 1. The number of carbonyl (C=O) groups excluding carboxylic acids is 1. The summed E-state index contributed by atoms with van der Waals surface area (Å²) in [4.78, 5) is 12.3. The molecule has 0 unspecified atom stereocenters. The van der Waals surface area contributed by atoms with Gasteiger partial charge in [0, 0.05) is 0 Å². The van der Waals surface area contributed by atoms with Crippen molar-refractivity contribution in [3.05, 3.63) is 57.5 Å². The Hall–Kier alpha value is -0.870. The summed E-state index contributed by atoms with van der Waals surface area (Å²) in [5.41, 5.74) is 2.15. The zero-order chi connectivity index (χ0) is 16.3. The van der Waals surface area contributed by atoms with Gasteiger partial charge in [-0.05, 0) is 60.7 Å². The summed E-state index contributed by atoms with van der Waals surface area (Å²) in [5, 5.41) is 0. The lowest BCUT2D eigenvalue weighted by Gasteiger charge is -2.07. The highest BCUT2D eigenvalue weighted by Gasteiger charge is 2.61. The topological polar surface area (TPSA) is 26.3 Å². The molecule has 2 nitrogen and oxygen atoms in total. The Labute approximate surface area is 148 Å². The van der Waals surface area contributed by atoms with Crippen LogP contribution in [0, 0.1) is 17.3 Å². The third kappa shape index (κ3) is 4.11. The van der Waals surface area contributed by atoms with Gasteiger partial charge < -0.3 is 4.74 Å². The van der Waals surface area contributed by atoms with Gasteiger partial charge in [0.1, 0.15) is 6.61 Å². The summed E-state index contributed by atoms with van der Waals surface area (Å²) in [7, 11) is 0. The molecule has 4 heteroatoms. The normalized spacial score (nSPS) is 21.8. The second-order valence-corrected chi connectivity index (χ2v) is 8.97. The summed E-state index contributed by atoms with van der Waals surface area (Å²) in [6, 6.07) is 8.06. The van der Waals surface area contributed by atoms with Crippen molar-refractivity contribution in [2.75, 3.05) is 0 Å². The molecular formula is C18H20Br2O2. The predicted octanol–water partition coefficient (Wildman–Crippen LogP) is 5.36. The van der Waals surface area contributed by atoms with Crippen LogP contribution in [-0.2, 0) is 22.6 Å². The number of carbonyl (C=O) groups is 1. The van der Waals surface area contributed by atoms with Crippen LogP contribution in [0.25, 0.3) is 0 Å². The van der Waals surface area contributed by atoms with Gasteiger partial charge in [-0.25, -0.2) is 0 Å². The Morgan fingerprint density at radius 1 is 1.36 bits per heavy atom. The lowest BCUT2D eigenvalue weighted by molar-refractivity contribution is -0.147. The molecule has 1 aromatic rings. The smallest absolute Gasteiger partial charge is 0.310 e. The molecule has 118 valence electrons. The first-order valence-electron chi connectivity index (χ1n) is 7.24. The highest BCUT2D eigenvalue weighted by atomic mass is 79.9. The van der Waals surface area contributed by atoms with E-state index >= 15 is 0 Å². The average Bonchev–Trinajstić information content (AvgIpc) is 2.97. The van der Waals surface area contributed by atoms with E-state index in [2.05, 4.69) is 58.4 Å². The summed E-state index contributed by atoms with van der Waals surface area (Å²) < 4.78 is 6.39. The van der Waals surface area contributed by atoms with Crippen LogP contribution in [0.4, 0.5) is 0 Å². The molecule has 1 aromatic carbocycles. The fraction of sp³-hybridized carbons (Fsp3) is 0.389. The highest BCUT2D eigenvalue weighted by molar-refractivity contribution is 9.28. The number of benzene rings is 1. The van der Waals surface area contributed by atoms with Crippen molar-refractivity contribution in [1.82, 2.24) is 0 Å². The maximum absolute atomic E-state index is 12.3. The van der Waals surface area contributed by atoms with Gasteiger partial charge in [0.25, 0.3) is 0 Å². The highest BCUT2D eigenvalue weighted by Crippen LogP contribution is 2.60. The van der Waals surface area contributed by atoms with Gasteiger partial charge >= 0.3 is 5.97 Å². The van der Waals surface area contributed by atoms with Gasteiger partial charge in [0.2, 0.25) is 0 Å². The molecule has 1 aliphatic carbocycles. The largest absolute Gasteiger partial charge is 0.461 e. The molecule has 1 fully saturated rings. The summed E-state index contributed by atoms with van der Waals surface area (Å²) >= 11 is 6.72. The van der Waals surface area contributed by atoms with Crippen LogP contribution in [0.15, 0.2) is 46.4 Å². The minimum atomic E-state index is -0.123. The first-order chi connectivity index (χ1) is 10.4. The van der Waals surface area contributed by atoms with Crippen molar-refractivity contribution in [2.45, 2.75) is 26.9 Å². The van der Waals surface area contributed by atoms with Crippen LogP contribution in [-0.4, -0.2) is 5.97 Å². The van der Waals surface area contributed by atoms with Crippen LogP contribution in [0.5, 0.6) is 0 Å². The van der Waals surface area contributed by atoms with Gasteiger partial charge in [-0.15, -0.1) is 6.58 Å². The molecule has 0 aliphatic heterocycles. The van der Waals surface area contributed by atoms with E-state index in [0.29, 0.717) is 6.61 Å². The first kappa shape index (κ1) is 17.5. The third-order valence-corrected chi connectivity index (χ3v) is 4.75. The molecule has 0 saturated heterocycles. The molecule has 0 bridgehead atoms. The number of hydrogen-bond acceptors (Lipinski definition) is 2. The van der Waals surface area contributed by atoms with E-state index in [1.165, 1.54) is 5.56 Å². The summed E-state index contributed by atoms with van der Waals surface area (Å²) in [5.74, 6) is 0.0106. The number of halogens is 2. The lowest BCUT2D eigenvalue weighted by Crippen LogP contribution is -2.10. The van der Waals surface area contributed by atoms with E-state index in [9.17, 15) is 4.79 Å². The van der Waals surface area contributed by atoms with Gasteiger partial charge in [0.05, 0.1) is 9.31 Å². The van der Waals surface area contributed by atoms with Crippen molar-refractivity contribution in [3.8, 4) is 0 Å². The zero-order valence-corrected chi connectivity index (χ0v) is 16.0. The maximum Gasteiger partial charge on any atom is 0.310 e. The van der Waals surface area contributed by atoms with Gasteiger partial charge in [-0.2, -0.15) is 0 Å². The van der Waals surface area contributed by atoms with Crippen molar-refractivity contribution in [1.29, 1.82) is 0 Å². The minimum Gasteiger partial charge on any atom is -0.461 e. The van der Waals surface area contributed by atoms with E-state index in [4.69, 9.17) is 4.74 Å². The molecule has 2 atom stereocenters. The molecule has 0 N–H and O–H groups in total. The summed E-state index contributed by atoms with van der Waals surface area (Å²) in [6.45, 7) is 8.24. The molecule has 0 aromatic heterocycles. The van der Waals surface area contributed by atoms with Crippen molar-refractivity contribution >= 4 is 37.8 Å². The number of rotatable bonds is 6. The van der Waals surface area contributed by atoms with Crippen molar-refractivity contribution in [2.24, 2.45) is 17.3 Å². The van der Waals surface area contributed by atoms with E-state index < -0.39 is 0 Å². The first-order valence-corrected chi connectivity index (χ1v) is 8.83. The Bertz CT molecular complexity index is 601. The Morgan fingerprint density at radius 2 is 2.05 bits per heavy atom. The number of allylic oxidation sites excluding steroid dienone is 2. The van der Waals surface area contributed by atoms with E-state index in [1.54, 1.807) is 0 Å². The predicted molar refractivity (Wildman–Crippen MR) is 96.8 cm³/mol. The molecule has 0 spiro atoms. The lowest BCUT2D eigenvalue weighted by atomic mass is 10.1. The average molecular weight is 428 g/mol. The van der Waals surface area contributed by atoms with Crippen molar-refractivity contribution in [3.63, 3.8) is 0 Å². The molecule has 1 saturated carbocycles. The molecule has 0 heterocycles. The number of hydrogen-bond donors (Lipinski definition) is 0. The second kappa shape index (κ2) is 7.14. The quantitative estimate of drug-likeness (QED) is 0.451. The fourth-order valence-corrected chi connectivity index (χ4v) is 3.40. The van der Waals surface area contributed by atoms with Crippen LogP contribution in [0.3, 0.4) is 0 Å². The monoisotopic (exact) mass is 426 g/mol. The molecule has 0 amide bonds. The fourth-order valence-electron chi connectivity index (χ4n) is 2.83. The van der Waals surface area contributed by atoms with Crippen molar-refractivity contribution < 1.29 is 9.53 Å². The SMILES string of the molecule is C=CCc1cccc(COC(=O)[C@@H]2[C@H](C=C(Br)Br)C2(C)C)c1. The summed E-state index contributed by atoms with van der Waals surface area (Å²) in [6.07, 6.45) is 4.72. The Balaban J connectivity index is 1.95. The molecule has 1 aliphatic rings. The molecule has 0 radical (unpaired) electrons. The van der Waals surface area contributed by atoms with Crippen LogP contribution >= 0.6 is 31.9 Å². The van der Waals surface area contributed by atoms with Gasteiger partial charge in [-0.3, -0.25) is 4.79 Å². The van der Waals surface area contributed by atoms with E-state index in [0.717, 1.165) is 15.4 Å². The van der Waals surface area contributed by atoms with Gasteiger partial charge in [-0.1, -0.05) is 50.3 Å².